The van der Waals surface area contributed by atoms with E-state index in [0.717, 1.165) is 32.1 Å². The third-order valence-corrected chi connectivity index (χ3v) is 6.28. The molecule has 0 aromatic heterocycles. The second-order valence-corrected chi connectivity index (χ2v) is 9.48. The van der Waals surface area contributed by atoms with Gasteiger partial charge < -0.3 is 34.7 Å². The zero-order valence-electron chi connectivity index (χ0n) is 20.9. The number of aliphatic hydroxyl groups is 3. The van der Waals surface area contributed by atoms with Gasteiger partial charge in [0.25, 0.3) is 0 Å². The SMILES string of the molecule is C/C(=C\C(=O)OCCCCCCCCC(=O)[O-])C[C@@H]1OC[C@H](C/C=C/[C@@H](C)[C@H](C)O)[C@@H](O)[C@H]1O. The largest absolute Gasteiger partial charge is 0.550 e. The summed E-state index contributed by atoms with van der Waals surface area (Å²) in [6.45, 7) is 6.03. The van der Waals surface area contributed by atoms with E-state index >= 15 is 0 Å². The number of unbranched alkanes of at least 4 members (excludes halogenated alkanes) is 5. The predicted octanol–water partition coefficient (Wildman–Crippen LogP) is 2.05. The number of esters is 1. The first-order valence-electron chi connectivity index (χ1n) is 12.5. The van der Waals surface area contributed by atoms with Crippen molar-refractivity contribution in [2.24, 2.45) is 11.8 Å². The van der Waals surface area contributed by atoms with Crippen LogP contribution in [0.25, 0.3) is 0 Å². The number of aliphatic hydroxyl groups excluding tert-OH is 3. The normalized spacial score (nSPS) is 25.3. The molecule has 1 heterocycles. The topological polar surface area (TPSA) is 136 Å². The quantitative estimate of drug-likeness (QED) is 0.131. The van der Waals surface area contributed by atoms with Gasteiger partial charge >= 0.3 is 5.97 Å². The summed E-state index contributed by atoms with van der Waals surface area (Å²) in [6, 6.07) is 0. The van der Waals surface area contributed by atoms with E-state index in [9.17, 15) is 30.0 Å². The summed E-state index contributed by atoms with van der Waals surface area (Å²) < 4.78 is 11.0. The van der Waals surface area contributed by atoms with E-state index in [4.69, 9.17) is 9.47 Å². The van der Waals surface area contributed by atoms with Crippen molar-refractivity contribution >= 4 is 11.9 Å². The van der Waals surface area contributed by atoms with E-state index in [1.807, 2.05) is 19.1 Å². The number of carboxylic acid groups (broad SMARTS) is 1. The van der Waals surface area contributed by atoms with Gasteiger partial charge in [-0.3, -0.25) is 0 Å². The van der Waals surface area contributed by atoms with Crippen molar-refractivity contribution in [2.45, 2.75) is 103 Å². The smallest absolute Gasteiger partial charge is 0.330 e. The van der Waals surface area contributed by atoms with Crippen molar-refractivity contribution in [3.63, 3.8) is 0 Å². The van der Waals surface area contributed by atoms with Gasteiger partial charge in [0.1, 0.15) is 6.10 Å². The first kappa shape index (κ1) is 30.3. The van der Waals surface area contributed by atoms with Crippen LogP contribution in [0.4, 0.5) is 0 Å². The summed E-state index contributed by atoms with van der Waals surface area (Å²) >= 11 is 0. The Morgan fingerprint density at radius 1 is 1.09 bits per heavy atom. The van der Waals surface area contributed by atoms with Crippen LogP contribution in [0.1, 0.15) is 78.6 Å². The van der Waals surface area contributed by atoms with E-state index in [1.54, 1.807) is 13.8 Å². The van der Waals surface area contributed by atoms with Gasteiger partial charge in [0.2, 0.25) is 0 Å². The van der Waals surface area contributed by atoms with E-state index in [0.29, 0.717) is 38.0 Å². The molecule has 1 saturated heterocycles. The summed E-state index contributed by atoms with van der Waals surface area (Å²) in [5.41, 5.74) is 0.707. The molecular weight excluding hydrogens is 440 g/mol. The second-order valence-electron chi connectivity index (χ2n) is 9.48. The van der Waals surface area contributed by atoms with Gasteiger partial charge in [-0.1, -0.05) is 50.3 Å². The van der Waals surface area contributed by atoms with E-state index in [2.05, 4.69) is 0 Å². The van der Waals surface area contributed by atoms with Crippen molar-refractivity contribution < 1.29 is 39.5 Å². The van der Waals surface area contributed by atoms with Crippen molar-refractivity contribution in [2.75, 3.05) is 13.2 Å². The molecule has 0 amide bonds. The molecule has 1 aliphatic heterocycles. The van der Waals surface area contributed by atoms with Crippen LogP contribution in [-0.4, -0.2) is 64.9 Å². The highest BCUT2D eigenvalue weighted by Crippen LogP contribution is 2.27. The van der Waals surface area contributed by atoms with Gasteiger partial charge in [-0.15, -0.1) is 0 Å². The van der Waals surface area contributed by atoms with Crippen LogP contribution >= 0.6 is 0 Å². The fourth-order valence-electron chi connectivity index (χ4n) is 3.83. The average Bonchev–Trinajstić information content (AvgIpc) is 2.76. The zero-order valence-corrected chi connectivity index (χ0v) is 20.9. The minimum Gasteiger partial charge on any atom is -0.550 e. The lowest BCUT2D eigenvalue weighted by atomic mass is 9.87. The molecule has 0 aromatic rings. The summed E-state index contributed by atoms with van der Waals surface area (Å²) in [7, 11) is 0. The Morgan fingerprint density at radius 2 is 1.74 bits per heavy atom. The van der Waals surface area contributed by atoms with Gasteiger partial charge in [-0.05, 0) is 51.9 Å². The molecule has 0 aliphatic carbocycles. The summed E-state index contributed by atoms with van der Waals surface area (Å²) in [6.07, 6.45) is 8.24. The lowest BCUT2D eigenvalue weighted by Gasteiger charge is -2.37. The van der Waals surface area contributed by atoms with Gasteiger partial charge in [-0.2, -0.15) is 0 Å². The number of carbonyl (C=O) groups excluding carboxylic acids is 2. The molecule has 34 heavy (non-hydrogen) atoms. The maximum Gasteiger partial charge on any atom is 0.330 e. The number of carbonyl (C=O) groups is 2. The van der Waals surface area contributed by atoms with Crippen LogP contribution < -0.4 is 5.11 Å². The number of ether oxygens (including phenoxy) is 2. The monoisotopic (exact) mass is 483 g/mol. The van der Waals surface area contributed by atoms with Crippen LogP contribution in [0.3, 0.4) is 0 Å². The number of rotatable bonds is 16. The Hall–Kier alpha value is -1.74. The highest BCUT2D eigenvalue weighted by atomic mass is 16.5. The molecule has 196 valence electrons. The Kier molecular flexibility index (Phi) is 15.0. The predicted molar refractivity (Wildman–Crippen MR) is 127 cm³/mol. The summed E-state index contributed by atoms with van der Waals surface area (Å²) in [5.74, 6) is -1.66. The van der Waals surface area contributed by atoms with E-state index in [-0.39, 0.29) is 18.3 Å². The van der Waals surface area contributed by atoms with Crippen LogP contribution in [0.2, 0.25) is 0 Å². The molecule has 0 saturated carbocycles. The van der Waals surface area contributed by atoms with Crippen LogP contribution in [-0.2, 0) is 19.1 Å². The van der Waals surface area contributed by atoms with Gasteiger partial charge in [0.05, 0.1) is 31.5 Å². The second kappa shape index (κ2) is 16.8. The standard InChI is InChI=1S/C26H44O8/c1-18(16-24(30)33-14-9-7-5-4-6-8-13-23(28)29)15-22-26(32)25(31)21(17-34-22)12-10-11-19(2)20(3)27/h10-11,16,19-22,25-27,31-32H,4-9,12-15,17H2,1-3H3,(H,28,29)/p-1/b11-10+,18-16+/t19-,20+,21+,22+,25-,26+/m1/s1. The van der Waals surface area contributed by atoms with Gasteiger partial charge in [-0.25, -0.2) is 4.79 Å². The first-order valence-corrected chi connectivity index (χ1v) is 12.5. The molecule has 0 aromatic carbocycles. The highest BCUT2D eigenvalue weighted by molar-refractivity contribution is 5.82. The fraction of sp³-hybridized carbons (Fsp3) is 0.769. The maximum absolute atomic E-state index is 12.0. The lowest BCUT2D eigenvalue weighted by Crippen LogP contribution is -2.50. The van der Waals surface area contributed by atoms with Crippen molar-refractivity contribution in [3.05, 3.63) is 23.8 Å². The third kappa shape index (κ3) is 12.6. The molecule has 1 fully saturated rings. The minimum atomic E-state index is -1.05. The number of aliphatic carboxylic acids is 1. The van der Waals surface area contributed by atoms with E-state index in [1.165, 1.54) is 6.08 Å². The minimum absolute atomic E-state index is 0.0141. The number of carboxylic acids is 1. The molecular formula is C26H43O8-. The van der Waals surface area contributed by atoms with Crippen molar-refractivity contribution in [3.8, 4) is 0 Å². The number of hydrogen-bond donors (Lipinski definition) is 3. The molecule has 3 N–H and O–H groups in total. The highest BCUT2D eigenvalue weighted by Gasteiger charge is 2.37. The Labute approximate surface area is 203 Å². The molecule has 6 atom stereocenters. The molecule has 1 aliphatic rings. The molecule has 8 heteroatoms. The lowest BCUT2D eigenvalue weighted by molar-refractivity contribution is -0.305. The van der Waals surface area contributed by atoms with Gasteiger partial charge in [0.15, 0.2) is 0 Å². The van der Waals surface area contributed by atoms with Crippen LogP contribution in [0.15, 0.2) is 23.8 Å². The number of hydrogen-bond acceptors (Lipinski definition) is 8. The molecule has 0 bridgehead atoms. The van der Waals surface area contributed by atoms with Crippen LogP contribution in [0.5, 0.6) is 0 Å². The Bertz CT molecular complexity index is 657. The van der Waals surface area contributed by atoms with E-state index < -0.39 is 36.4 Å². The molecule has 1 rings (SSSR count). The average molecular weight is 484 g/mol. The molecule has 0 radical (unpaired) electrons. The van der Waals surface area contributed by atoms with Gasteiger partial charge in [0, 0.05) is 18.0 Å². The third-order valence-electron chi connectivity index (χ3n) is 6.28. The van der Waals surface area contributed by atoms with Crippen molar-refractivity contribution in [1.82, 2.24) is 0 Å². The summed E-state index contributed by atoms with van der Waals surface area (Å²) in [5, 5.41) is 40.8. The molecule has 0 unspecified atom stereocenters. The Balaban J connectivity index is 2.28. The number of allylic oxidation sites excluding steroid dienone is 1. The summed E-state index contributed by atoms with van der Waals surface area (Å²) in [4.78, 5) is 22.3. The fourth-order valence-corrected chi connectivity index (χ4v) is 3.83. The Morgan fingerprint density at radius 3 is 2.38 bits per heavy atom. The molecule has 0 spiro atoms. The first-order chi connectivity index (χ1) is 16.1. The maximum atomic E-state index is 12.0. The van der Waals surface area contributed by atoms with Crippen LogP contribution in [0, 0.1) is 11.8 Å². The zero-order chi connectivity index (χ0) is 25.5. The van der Waals surface area contributed by atoms with Crippen molar-refractivity contribution in [1.29, 1.82) is 0 Å². The molecule has 8 nitrogen and oxygen atoms in total.